The zero-order valence-electron chi connectivity index (χ0n) is 14.3. The predicted octanol–water partition coefficient (Wildman–Crippen LogP) is 3.77. The standard InChI is InChI=1S/C21H15N5O/c27-21(23-17-4-2-1-3-5-17)24-18-9-6-16(7-10-18)8-11-19-12-13-20-22-14-15-26(20)25-19/h1-7,9-10,12-15H,(H2,23,24,27). The Morgan fingerprint density at radius 2 is 1.59 bits per heavy atom. The lowest BCUT2D eigenvalue weighted by molar-refractivity contribution is 0.262. The third-order valence-electron chi connectivity index (χ3n) is 3.76. The fourth-order valence-corrected chi connectivity index (χ4v) is 2.47. The molecule has 2 heterocycles. The van der Waals surface area contributed by atoms with Crippen molar-refractivity contribution in [1.29, 1.82) is 0 Å². The van der Waals surface area contributed by atoms with E-state index in [9.17, 15) is 4.79 Å². The second kappa shape index (κ2) is 7.42. The molecule has 2 aromatic carbocycles. The van der Waals surface area contributed by atoms with E-state index in [4.69, 9.17) is 0 Å². The Morgan fingerprint density at radius 1 is 0.852 bits per heavy atom. The molecule has 27 heavy (non-hydrogen) atoms. The summed E-state index contributed by atoms with van der Waals surface area (Å²) in [7, 11) is 0. The molecule has 6 heteroatoms. The summed E-state index contributed by atoms with van der Waals surface area (Å²) in [5, 5.41) is 9.92. The van der Waals surface area contributed by atoms with Gasteiger partial charge in [-0.25, -0.2) is 14.3 Å². The van der Waals surface area contributed by atoms with Gasteiger partial charge in [0.25, 0.3) is 0 Å². The van der Waals surface area contributed by atoms with Crippen LogP contribution in [-0.2, 0) is 0 Å². The summed E-state index contributed by atoms with van der Waals surface area (Å²) < 4.78 is 1.68. The van der Waals surface area contributed by atoms with Crippen LogP contribution in [0.1, 0.15) is 11.3 Å². The molecule has 4 rings (SSSR count). The van der Waals surface area contributed by atoms with Crippen molar-refractivity contribution in [3.8, 4) is 11.8 Å². The van der Waals surface area contributed by atoms with Crippen LogP contribution in [0.5, 0.6) is 0 Å². The average molecular weight is 353 g/mol. The monoisotopic (exact) mass is 353 g/mol. The second-order valence-electron chi connectivity index (χ2n) is 5.72. The van der Waals surface area contributed by atoms with Gasteiger partial charge in [0.05, 0.1) is 0 Å². The van der Waals surface area contributed by atoms with Crippen molar-refractivity contribution in [2.45, 2.75) is 0 Å². The van der Waals surface area contributed by atoms with Gasteiger partial charge >= 0.3 is 6.03 Å². The molecule has 6 nitrogen and oxygen atoms in total. The first-order chi connectivity index (χ1) is 13.3. The van der Waals surface area contributed by atoms with Gasteiger partial charge in [0.2, 0.25) is 0 Å². The molecule has 130 valence electrons. The van der Waals surface area contributed by atoms with Crippen LogP contribution >= 0.6 is 0 Å². The number of carbonyl (C=O) groups excluding carboxylic acids is 1. The van der Waals surface area contributed by atoms with Crippen molar-refractivity contribution in [3.05, 3.63) is 90.4 Å². The van der Waals surface area contributed by atoms with Crippen LogP contribution in [0.2, 0.25) is 0 Å². The number of urea groups is 1. The van der Waals surface area contributed by atoms with E-state index in [0.717, 1.165) is 16.9 Å². The highest BCUT2D eigenvalue weighted by Crippen LogP contribution is 2.11. The number of rotatable bonds is 2. The number of carbonyl (C=O) groups is 1. The molecule has 0 radical (unpaired) electrons. The SMILES string of the molecule is O=C(Nc1ccccc1)Nc1ccc(C#Cc2ccc3nccn3n2)cc1. The maximum Gasteiger partial charge on any atom is 0.323 e. The summed E-state index contributed by atoms with van der Waals surface area (Å²) in [5.74, 6) is 6.09. The molecule has 0 atom stereocenters. The molecule has 0 aliphatic heterocycles. The van der Waals surface area contributed by atoms with E-state index < -0.39 is 0 Å². The highest BCUT2D eigenvalue weighted by atomic mass is 16.2. The van der Waals surface area contributed by atoms with Gasteiger partial charge in [-0.15, -0.1) is 0 Å². The summed E-state index contributed by atoms with van der Waals surface area (Å²) in [6, 6.07) is 20.0. The van der Waals surface area contributed by atoms with E-state index in [0.29, 0.717) is 11.4 Å². The number of hydrogen-bond acceptors (Lipinski definition) is 3. The number of nitrogens with one attached hydrogen (secondary N) is 2. The Balaban J connectivity index is 1.41. The Labute approximate surface area is 155 Å². The summed E-state index contributed by atoms with van der Waals surface area (Å²) in [5.41, 5.74) is 3.69. The Hall–Kier alpha value is -4.11. The van der Waals surface area contributed by atoms with Gasteiger partial charge in [-0.05, 0) is 54.5 Å². The van der Waals surface area contributed by atoms with Crippen molar-refractivity contribution in [2.24, 2.45) is 0 Å². The van der Waals surface area contributed by atoms with Crippen LogP contribution in [-0.4, -0.2) is 20.6 Å². The number of nitrogens with zero attached hydrogens (tertiary/aromatic N) is 3. The lowest BCUT2D eigenvalue weighted by atomic mass is 10.2. The molecule has 0 bridgehead atoms. The molecule has 0 fully saturated rings. The van der Waals surface area contributed by atoms with Gasteiger partial charge in [0.15, 0.2) is 5.65 Å². The average Bonchev–Trinajstić information content (AvgIpc) is 3.16. The molecule has 0 saturated carbocycles. The zero-order chi connectivity index (χ0) is 18.5. The van der Waals surface area contributed by atoms with Gasteiger partial charge in [0.1, 0.15) is 5.69 Å². The van der Waals surface area contributed by atoms with Crippen molar-refractivity contribution < 1.29 is 4.79 Å². The third-order valence-corrected chi connectivity index (χ3v) is 3.76. The van der Waals surface area contributed by atoms with Gasteiger partial charge in [-0.2, -0.15) is 5.10 Å². The Kier molecular flexibility index (Phi) is 4.49. The van der Waals surface area contributed by atoms with Crippen LogP contribution in [0.3, 0.4) is 0 Å². The quantitative estimate of drug-likeness (QED) is 0.539. The van der Waals surface area contributed by atoms with Gasteiger partial charge < -0.3 is 10.6 Å². The molecule has 4 aromatic rings. The largest absolute Gasteiger partial charge is 0.323 e. The molecule has 0 unspecified atom stereocenters. The number of hydrogen-bond donors (Lipinski definition) is 2. The summed E-state index contributed by atoms with van der Waals surface area (Å²) in [4.78, 5) is 16.1. The fraction of sp³-hybridized carbons (Fsp3) is 0. The number of benzene rings is 2. The molecule has 0 saturated heterocycles. The topological polar surface area (TPSA) is 71.3 Å². The van der Waals surface area contributed by atoms with E-state index in [1.54, 1.807) is 29.0 Å². The van der Waals surface area contributed by atoms with E-state index in [-0.39, 0.29) is 6.03 Å². The van der Waals surface area contributed by atoms with Crippen molar-refractivity contribution in [2.75, 3.05) is 10.6 Å². The minimum Gasteiger partial charge on any atom is -0.308 e. The molecule has 2 N–H and O–H groups in total. The maximum atomic E-state index is 12.0. The minimum atomic E-state index is -0.294. The number of anilines is 2. The number of imidazole rings is 1. The third kappa shape index (κ3) is 4.11. The molecule has 2 amide bonds. The van der Waals surface area contributed by atoms with E-state index in [1.165, 1.54) is 0 Å². The maximum absolute atomic E-state index is 12.0. The Bertz CT molecular complexity index is 1140. The lowest BCUT2D eigenvalue weighted by Crippen LogP contribution is -2.19. The zero-order valence-corrected chi connectivity index (χ0v) is 14.3. The van der Waals surface area contributed by atoms with Gasteiger partial charge in [-0.1, -0.05) is 24.1 Å². The van der Waals surface area contributed by atoms with Gasteiger partial charge in [-0.3, -0.25) is 0 Å². The number of para-hydroxylation sites is 1. The molecule has 2 aromatic heterocycles. The van der Waals surface area contributed by atoms with Crippen LogP contribution in [0.25, 0.3) is 5.65 Å². The molecular weight excluding hydrogens is 338 g/mol. The highest BCUT2D eigenvalue weighted by Gasteiger charge is 2.02. The highest BCUT2D eigenvalue weighted by molar-refractivity contribution is 5.99. The fourth-order valence-electron chi connectivity index (χ4n) is 2.47. The second-order valence-corrected chi connectivity index (χ2v) is 5.72. The van der Waals surface area contributed by atoms with E-state index >= 15 is 0 Å². The van der Waals surface area contributed by atoms with Crippen molar-refractivity contribution >= 4 is 23.1 Å². The summed E-state index contributed by atoms with van der Waals surface area (Å²) in [6.45, 7) is 0. The molecular formula is C21H15N5O. The molecule has 0 aliphatic carbocycles. The lowest BCUT2D eigenvalue weighted by Gasteiger charge is -2.07. The van der Waals surface area contributed by atoms with Crippen LogP contribution < -0.4 is 10.6 Å². The minimum absolute atomic E-state index is 0.294. The first-order valence-corrected chi connectivity index (χ1v) is 8.32. The van der Waals surface area contributed by atoms with E-state index in [1.807, 2.05) is 54.6 Å². The van der Waals surface area contributed by atoms with Crippen LogP contribution in [0, 0.1) is 11.8 Å². The smallest absolute Gasteiger partial charge is 0.308 e. The Morgan fingerprint density at radius 3 is 2.37 bits per heavy atom. The molecule has 0 aliphatic rings. The van der Waals surface area contributed by atoms with Crippen LogP contribution in [0.4, 0.5) is 16.2 Å². The summed E-state index contributed by atoms with van der Waals surface area (Å²) >= 11 is 0. The van der Waals surface area contributed by atoms with Crippen molar-refractivity contribution in [1.82, 2.24) is 14.6 Å². The van der Waals surface area contributed by atoms with Gasteiger partial charge in [0, 0.05) is 29.3 Å². The van der Waals surface area contributed by atoms with Crippen molar-refractivity contribution in [3.63, 3.8) is 0 Å². The number of fused-ring (bicyclic) bond motifs is 1. The number of aromatic nitrogens is 3. The first-order valence-electron chi connectivity index (χ1n) is 8.32. The van der Waals surface area contributed by atoms with E-state index in [2.05, 4.69) is 32.6 Å². The van der Waals surface area contributed by atoms with Crippen LogP contribution in [0.15, 0.2) is 79.1 Å². The summed E-state index contributed by atoms with van der Waals surface area (Å²) in [6.07, 6.45) is 3.47. The molecule has 0 spiro atoms. The normalized spacial score (nSPS) is 10.1. The number of amides is 2. The first kappa shape index (κ1) is 16.4. The predicted molar refractivity (Wildman–Crippen MR) is 104 cm³/mol.